The Hall–Kier alpha value is -0.770. The predicted molar refractivity (Wildman–Crippen MR) is 92.4 cm³/mol. The summed E-state index contributed by atoms with van der Waals surface area (Å²) in [5.41, 5.74) is 2.65. The van der Waals surface area contributed by atoms with Crippen molar-refractivity contribution in [2.24, 2.45) is 0 Å². The van der Waals surface area contributed by atoms with Gasteiger partial charge in [-0.15, -0.1) is 0 Å². The van der Waals surface area contributed by atoms with Gasteiger partial charge in [0.2, 0.25) is 0 Å². The smallest absolute Gasteiger partial charge is 0.0426 e. The van der Waals surface area contributed by atoms with Crippen LogP contribution >= 0.6 is 11.6 Å². The predicted octanol–water partition coefficient (Wildman–Crippen LogP) is 3.37. The molecule has 0 bridgehead atoms. The van der Waals surface area contributed by atoms with E-state index in [1.165, 1.54) is 30.5 Å². The lowest BCUT2D eigenvalue weighted by atomic mass is 10.1. The van der Waals surface area contributed by atoms with E-state index in [0.717, 1.165) is 37.2 Å². The van der Waals surface area contributed by atoms with Crippen molar-refractivity contribution in [3.05, 3.63) is 28.8 Å². The molecule has 2 rings (SSSR count). The molecule has 1 N–H and O–H groups in total. The van der Waals surface area contributed by atoms with Crippen LogP contribution < -0.4 is 10.2 Å². The number of hydrogen-bond acceptors (Lipinski definition) is 3. The summed E-state index contributed by atoms with van der Waals surface area (Å²) < 4.78 is 0. The zero-order valence-electron chi connectivity index (χ0n) is 13.5. The third-order valence-electron chi connectivity index (χ3n) is 3.96. The van der Waals surface area contributed by atoms with E-state index >= 15 is 0 Å². The Labute approximate surface area is 134 Å². The maximum Gasteiger partial charge on any atom is 0.0426 e. The van der Waals surface area contributed by atoms with Gasteiger partial charge in [0.15, 0.2) is 0 Å². The molecule has 4 heteroatoms. The highest BCUT2D eigenvalue weighted by Gasteiger charge is 2.21. The first-order valence-corrected chi connectivity index (χ1v) is 8.39. The van der Waals surface area contributed by atoms with E-state index in [0.29, 0.717) is 0 Å². The summed E-state index contributed by atoms with van der Waals surface area (Å²) in [5, 5.41) is 4.43. The van der Waals surface area contributed by atoms with Crippen molar-refractivity contribution in [3.8, 4) is 0 Å². The van der Waals surface area contributed by atoms with Crippen LogP contribution in [0, 0.1) is 0 Å². The zero-order chi connectivity index (χ0) is 15.2. The molecule has 3 nitrogen and oxygen atoms in total. The van der Waals surface area contributed by atoms with Crippen molar-refractivity contribution >= 4 is 17.3 Å². The maximum atomic E-state index is 6.22. The van der Waals surface area contributed by atoms with Gasteiger partial charge in [-0.1, -0.05) is 17.7 Å². The first-order chi connectivity index (χ1) is 10.1. The van der Waals surface area contributed by atoms with Gasteiger partial charge in [-0.25, -0.2) is 0 Å². The molecule has 1 aliphatic carbocycles. The molecule has 0 spiro atoms. The number of rotatable bonds is 9. The van der Waals surface area contributed by atoms with Crippen LogP contribution in [0.1, 0.15) is 31.7 Å². The summed E-state index contributed by atoms with van der Waals surface area (Å²) in [6, 6.07) is 7.02. The first-order valence-electron chi connectivity index (χ1n) is 8.01. The highest BCUT2D eigenvalue weighted by atomic mass is 35.5. The van der Waals surface area contributed by atoms with Crippen LogP contribution in [-0.4, -0.2) is 44.7 Å². The van der Waals surface area contributed by atoms with Crippen molar-refractivity contribution in [1.29, 1.82) is 0 Å². The van der Waals surface area contributed by atoms with Crippen molar-refractivity contribution in [2.75, 3.05) is 38.6 Å². The number of halogens is 1. The Balaban J connectivity index is 2.03. The number of hydrogen-bond donors (Lipinski definition) is 1. The van der Waals surface area contributed by atoms with Gasteiger partial charge in [0.05, 0.1) is 0 Å². The molecular formula is C17H28ClN3. The minimum atomic E-state index is 0.734. The zero-order valence-corrected chi connectivity index (χ0v) is 14.3. The maximum absolute atomic E-state index is 6.22. The minimum Gasteiger partial charge on any atom is -0.371 e. The molecule has 0 amide bonds. The monoisotopic (exact) mass is 309 g/mol. The summed E-state index contributed by atoms with van der Waals surface area (Å²) in [4.78, 5) is 4.68. The molecule has 0 heterocycles. The average Bonchev–Trinajstić information content (AvgIpc) is 3.26. The van der Waals surface area contributed by atoms with Crippen LogP contribution in [-0.2, 0) is 6.54 Å². The minimum absolute atomic E-state index is 0.734. The SMILES string of the molecule is CCN(CCCN(C)C)c1cc(Cl)ccc1CNC1CC1. The second-order valence-electron chi connectivity index (χ2n) is 6.16. The molecule has 0 radical (unpaired) electrons. The van der Waals surface area contributed by atoms with Gasteiger partial charge in [-0.05, 0) is 64.5 Å². The van der Waals surface area contributed by atoms with Gasteiger partial charge in [-0.3, -0.25) is 0 Å². The van der Waals surface area contributed by atoms with Gasteiger partial charge in [0.25, 0.3) is 0 Å². The number of benzene rings is 1. The first kappa shape index (κ1) is 16.6. The number of nitrogens with one attached hydrogen (secondary N) is 1. The molecular weight excluding hydrogens is 282 g/mol. The van der Waals surface area contributed by atoms with E-state index < -0.39 is 0 Å². The largest absolute Gasteiger partial charge is 0.371 e. The summed E-state index contributed by atoms with van der Waals surface area (Å²) in [6.07, 6.45) is 3.81. The van der Waals surface area contributed by atoms with E-state index in [4.69, 9.17) is 11.6 Å². The van der Waals surface area contributed by atoms with Gasteiger partial charge < -0.3 is 15.1 Å². The quantitative estimate of drug-likeness (QED) is 0.754. The van der Waals surface area contributed by atoms with E-state index in [9.17, 15) is 0 Å². The standard InChI is InChI=1S/C17H28ClN3/c1-4-21(11-5-10-20(2)3)17-12-15(18)7-6-14(17)13-19-16-8-9-16/h6-7,12,16,19H,4-5,8-11,13H2,1-3H3. The molecule has 0 aliphatic heterocycles. The number of nitrogens with zero attached hydrogens (tertiary/aromatic N) is 2. The molecule has 0 saturated heterocycles. The summed E-state index contributed by atoms with van der Waals surface area (Å²) in [6.45, 7) is 6.37. The number of anilines is 1. The fourth-order valence-corrected chi connectivity index (χ4v) is 2.72. The van der Waals surface area contributed by atoms with Crippen LogP contribution in [0.2, 0.25) is 5.02 Å². The van der Waals surface area contributed by atoms with E-state index in [1.54, 1.807) is 0 Å². The summed E-state index contributed by atoms with van der Waals surface area (Å²) >= 11 is 6.22. The van der Waals surface area contributed by atoms with Crippen molar-refractivity contribution < 1.29 is 0 Å². The molecule has 1 aliphatic rings. The van der Waals surface area contributed by atoms with Crippen molar-refractivity contribution in [3.63, 3.8) is 0 Å². The molecule has 1 saturated carbocycles. The molecule has 0 unspecified atom stereocenters. The summed E-state index contributed by atoms with van der Waals surface area (Å²) in [5.74, 6) is 0. The third kappa shape index (κ3) is 5.50. The second kappa shape index (κ2) is 8.02. The summed E-state index contributed by atoms with van der Waals surface area (Å²) in [7, 11) is 4.25. The van der Waals surface area contributed by atoms with Gasteiger partial charge in [0, 0.05) is 36.4 Å². The Morgan fingerprint density at radius 3 is 2.62 bits per heavy atom. The van der Waals surface area contributed by atoms with Crippen molar-refractivity contribution in [2.45, 2.75) is 38.8 Å². The lowest BCUT2D eigenvalue weighted by Gasteiger charge is -2.27. The fourth-order valence-electron chi connectivity index (χ4n) is 2.55. The van der Waals surface area contributed by atoms with Gasteiger partial charge >= 0.3 is 0 Å². The van der Waals surface area contributed by atoms with Crippen LogP contribution in [0.3, 0.4) is 0 Å². The van der Waals surface area contributed by atoms with E-state index in [1.807, 2.05) is 6.07 Å². The second-order valence-corrected chi connectivity index (χ2v) is 6.60. The third-order valence-corrected chi connectivity index (χ3v) is 4.20. The Bertz CT molecular complexity index is 444. The average molecular weight is 310 g/mol. The molecule has 1 fully saturated rings. The highest BCUT2D eigenvalue weighted by molar-refractivity contribution is 6.30. The van der Waals surface area contributed by atoms with Crippen LogP contribution in [0.4, 0.5) is 5.69 Å². The van der Waals surface area contributed by atoms with Crippen molar-refractivity contribution in [1.82, 2.24) is 10.2 Å². The normalized spacial score (nSPS) is 14.7. The molecule has 1 aromatic rings. The topological polar surface area (TPSA) is 18.5 Å². The molecule has 0 atom stereocenters. The highest BCUT2D eigenvalue weighted by Crippen LogP contribution is 2.27. The Kier molecular flexibility index (Phi) is 6.34. The molecule has 0 aromatic heterocycles. The van der Waals surface area contributed by atoms with Gasteiger partial charge in [-0.2, -0.15) is 0 Å². The lowest BCUT2D eigenvalue weighted by molar-refractivity contribution is 0.400. The van der Waals surface area contributed by atoms with Gasteiger partial charge in [0.1, 0.15) is 0 Å². The molecule has 118 valence electrons. The fraction of sp³-hybridized carbons (Fsp3) is 0.647. The Morgan fingerprint density at radius 2 is 2.00 bits per heavy atom. The Morgan fingerprint density at radius 1 is 1.24 bits per heavy atom. The lowest BCUT2D eigenvalue weighted by Crippen LogP contribution is -2.28. The molecule has 1 aromatic carbocycles. The van der Waals surface area contributed by atoms with E-state index in [2.05, 4.69) is 48.3 Å². The van der Waals surface area contributed by atoms with Crippen LogP contribution in [0.5, 0.6) is 0 Å². The van der Waals surface area contributed by atoms with Crippen LogP contribution in [0.25, 0.3) is 0 Å². The van der Waals surface area contributed by atoms with Crippen LogP contribution in [0.15, 0.2) is 18.2 Å². The van der Waals surface area contributed by atoms with E-state index in [-0.39, 0.29) is 0 Å². The molecule has 21 heavy (non-hydrogen) atoms.